The highest BCUT2D eigenvalue weighted by Crippen LogP contribution is 2.49. The van der Waals surface area contributed by atoms with E-state index in [1.54, 1.807) is 22.7 Å². The molecule has 0 fully saturated rings. The predicted molar refractivity (Wildman–Crippen MR) is 183 cm³/mol. The van der Waals surface area contributed by atoms with Gasteiger partial charge in [0.25, 0.3) is 0 Å². The van der Waals surface area contributed by atoms with Crippen molar-refractivity contribution in [3.05, 3.63) is 140 Å². The van der Waals surface area contributed by atoms with Gasteiger partial charge in [-0.15, -0.1) is 22.7 Å². The van der Waals surface area contributed by atoms with Gasteiger partial charge in [0, 0.05) is 53.9 Å². The summed E-state index contributed by atoms with van der Waals surface area (Å²) in [6.45, 7) is 4.44. The van der Waals surface area contributed by atoms with Gasteiger partial charge in [-0.2, -0.15) is 0 Å². The lowest BCUT2D eigenvalue weighted by Gasteiger charge is -2.11. The highest BCUT2D eigenvalue weighted by Gasteiger charge is 2.26. The van der Waals surface area contributed by atoms with Crippen molar-refractivity contribution in [2.24, 2.45) is 0 Å². The number of hydrogen-bond donors (Lipinski definition) is 0. The molecule has 0 radical (unpaired) electrons. The third-order valence-electron chi connectivity index (χ3n) is 8.61. The van der Waals surface area contributed by atoms with E-state index in [-0.39, 0.29) is 11.6 Å². The summed E-state index contributed by atoms with van der Waals surface area (Å²) in [5.74, 6) is 0.312. The van der Waals surface area contributed by atoms with Crippen LogP contribution >= 0.6 is 22.7 Å². The van der Waals surface area contributed by atoms with Crippen molar-refractivity contribution in [1.29, 1.82) is 0 Å². The fourth-order valence-electron chi connectivity index (χ4n) is 6.60. The van der Waals surface area contributed by atoms with Crippen LogP contribution in [-0.2, 0) is 12.8 Å². The number of rotatable bonds is 8. The lowest BCUT2D eigenvalue weighted by Crippen LogP contribution is -2.03. The van der Waals surface area contributed by atoms with Crippen LogP contribution in [0.4, 0.5) is 0 Å². The number of Topliss-reactive ketones (excluding diaryl/α,β-unsaturated/α-hetero) is 2. The van der Waals surface area contributed by atoms with Gasteiger partial charge in [0.05, 0.1) is 0 Å². The van der Waals surface area contributed by atoms with Crippen LogP contribution in [0.15, 0.2) is 97.1 Å². The van der Waals surface area contributed by atoms with Crippen molar-refractivity contribution in [3.63, 3.8) is 0 Å². The first-order valence-corrected chi connectivity index (χ1v) is 16.5. The highest BCUT2D eigenvalue weighted by atomic mass is 32.1. The highest BCUT2D eigenvalue weighted by molar-refractivity contribution is 7.19. The lowest BCUT2D eigenvalue weighted by molar-refractivity contribution is 0.0985. The Morgan fingerprint density at radius 3 is 1.42 bits per heavy atom. The molecule has 7 rings (SSSR count). The normalized spacial score (nSPS) is 13.3. The molecule has 0 spiro atoms. The smallest absolute Gasteiger partial charge is 0.167 e. The Bertz CT molecular complexity index is 1890. The summed E-state index contributed by atoms with van der Waals surface area (Å²) in [6.07, 6.45) is 4.09. The molecule has 0 bridgehead atoms. The minimum atomic E-state index is 0.156. The van der Waals surface area contributed by atoms with Crippen LogP contribution in [0.5, 0.6) is 0 Å². The zero-order chi connectivity index (χ0) is 29.5. The van der Waals surface area contributed by atoms with Crippen molar-refractivity contribution < 1.29 is 9.59 Å². The van der Waals surface area contributed by atoms with Gasteiger partial charge >= 0.3 is 0 Å². The number of fused-ring (bicyclic) bond motifs is 2. The van der Waals surface area contributed by atoms with Gasteiger partial charge in [-0.3, -0.25) is 9.59 Å². The topological polar surface area (TPSA) is 34.1 Å². The molecule has 2 aromatic heterocycles. The molecule has 6 aromatic rings. The molecule has 4 aromatic carbocycles. The quantitative estimate of drug-likeness (QED) is 0.164. The third kappa shape index (κ3) is 5.30. The van der Waals surface area contributed by atoms with Crippen molar-refractivity contribution >= 4 is 65.6 Å². The molecule has 43 heavy (non-hydrogen) atoms. The molecule has 0 atom stereocenters. The first-order chi connectivity index (χ1) is 21.0. The molecule has 0 saturated carbocycles. The fourth-order valence-corrected chi connectivity index (χ4v) is 8.86. The summed E-state index contributed by atoms with van der Waals surface area (Å²) in [6, 6.07) is 32.5. The summed E-state index contributed by atoms with van der Waals surface area (Å²) in [5.41, 5.74) is 9.23. The van der Waals surface area contributed by atoms with Gasteiger partial charge in [-0.1, -0.05) is 84.9 Å². The first kappa shape index (κ1) is 27.7. The number of allylic oxidation sites excluding steroid dienone is 2. The summed E-state index contributed by atoms with van der Waals surface area (Å²) in [7, 11) is 0. The van der Waals surface area contributed by atoms with Crippen LogP contribution in [0.3, 0.4) is 0 Å². The number of carbonyl (C=O) groups is 2. The van der Waals surface area contributed by atoms with Crippen LogP contribution in [0.25, 0.3) is 31.3 Å². The zero-order valence-electron chi connectivity index (χ0n) is 24.4. The minimum Gasteiger partial charge on any atom is -0.294 e. The molecule has 0 unspecified atom stereocenters. The van der Waals surface area contributed by atoms with E-state index < -0.39 is 0 Å². The second-order valence-corrected chi connectivity index (χ2v) is 14.0. The molecule has 1 aliphatic rings. The molecule has 1 aliphatic carbocycles. The molecule has 0 amide bonds. The standard InChI is InChI=1S/C39H32O2S2/c1-24-38(32-18-16-28(22-36(32)42-24)34(40)20-26-10-5-3-6-11-26)30-14-9-15-31(30)39-25(2)43-37-23-29(17-19-33(37)39)35(41)21-27-12-7-4-8-13-27/h3-8,10-13,16-19,22-23H,9,14-15,20-21H2,1-2H3. The second-order valence-electron chi connectivity index (χ2n) is 11.5. The molecule has 0 N–H and O–H groups in total. The maximum Gasteiger partial charge on any atom is 0.167 e. The monoisotopic (exact) mass is 596 g/mol. The number of aryl methyl sites for hydroxylation is 2. The average molecular weight is 597 g/mol. The van der Waals surface area contributed by atoms with E-state index in [0.717, 1.165) is 41.5 Å². The van der Waals surface area contributed by atoms with Gasteiger partial charge in [0.1, 0.15) is 0 Å². The SMILES string of the molecule is Cc1sc2cc(C(=O)Cc3ccccc3)ccc2c1C1=C(c2c(C)sc3cc(C(=O)Cc4ccccc4)ccc23)CCC1. The molecule has 2 nitrogen and oxygen atoms in total. The molecule has 0 saturated heterocycles. The molecular weight excluding hydrogens is 565 g/mol. The summed E-state index contributed by atoms with van der Waals surface area (Å²) in [4.78, 5) is 28.8. The van der Waals surface area contributed by atoms with Gasteiger partial charge in [0.15, 0.2) is 11.6 Å². The van der Waals surface area contributed by atoms with Crippen LogP contribution in [0.2, 0.25) is 0 Å². The van der Waals surface area contributed by atoms with E-state index in [9.17, 15) is 9.59 Å². The fraction of sp³-hybridized carbons (Fsp3) is 0.179. The number of carbonyl (C=O) groups excluding carboxylic acids is 2. The number of ketones is 2. The Morgan fingerprint density at radius 2 is 1.00 bits per heavy atom. The maximum atomic E-state index is 13.1. The van der Waals surface area contributed by atoms with Crippen LogP contribution in [-0.4, -0.2) is 11.6 Å². The van der Waals surface area contributed by atoms with E-state index in [1.165, 1.54) is 52.2 Å². The van der Waals surface area contributed by atoms with Crippen molar-refractivity contribution in [1.82, 2.24) is 0 Å². The molecule has 0 aliphatic heterocycles. The molecular formula is C39H32O2S2. The third-order valence-corrected chi connectivity index (χ3v) is 10.7. The van der Waals surface area contributed by atoms with E-state index in [0.29, 0.717) is 12.8 Å². The Labute approximate surface area is 260 Å². The van der Waals surface area contributed by atoms with E-state index in [4.69, 9.17) is 0 Å². The van der Waals surface area contributed by atoms with E-state index >= 15 is 0 Å². The minimum absolute atomic E-state index is 0.156. The van der Waals surface area contributed by atoms with Crippen LogP contribution in [0.1, 0.15) is 72.0 Å². The molecule has 212 valence electrons. The second kappa shape index (κ2) is 11.5. The number of benzene rings is 4. The first-order valence-electron chi connectivity index (χ1n) is 14.9. The summed E-state index contributed by atoms with van der Waals surface area (Å²) in [5, 5.41) is 2.50. The zero-order valence-corrected chi connectivity index (χ0v) is 26.0. The predicted octanol–water partition coefficient (Wildman–Crippen LogP) is 10.7. The van der Waals surface area contributed by atoms with Gasteiger partial charge in [0.2, 0.25) is 0 Å². The Balaban J connectivity index is 1.24. The van der Waals surface area contributed by atoms with E-state index in [1.807, 2.05) is 72.8 Å². The lowest BCUT2D eigenvalue weighted by atomic mass is 9.92. The number of thiophene rings is 2. The van der Waals surface area contributed by atoms with Crippen molar-refractivity contribution in [3.8, 4) is 0 Å². The summed E-state index contributed by atoms with van der Waals surface area (Å²) >= 11 is 3.59. The molecule has 2 heterocycles. The van der Waals surface area contributed by atoms with Gasteiger partial charge < -0.3 is 0 Å². The number of hydrogen-bond acceptors (Lipinski definition) is 4. The Morgan fingerprint density at radius 1 is 0.581 bits per heavy atom. The maximum absolute atomic E-state index is 13.1. The van der Waals surface area contributed by atoms with Crippen molar-refractivity contribution in [2.45, 2.75) is 46.0 Å². The van der Waals surface area contributed by atoms with Crippen molar-refractivity contribution in [2.75, 3.05) is 0 Å². The van der Waals surface area contributed by atoms with Crippen LogP contribution in [0, 0.1) is 13.8 Å². The Hall–Kier alpha value is -4.12. The average Bonchev–Trinajstić information content (AvgIpc) is 3.70. The van der Waals surface area contributed by atoms with E-state index in [2.05, 4.69) is 38.1 Å². The Kier molecular flexibility index (Phi) is 7.42. The molecule has 4 heteroatoms. The van der Waals surface area contributed by atoms with Gasteiger partial charge in [-0.05, 0) is 78.6 Å². The van der Waals surface area contributed by atoms with Gasteiger partial charge in [-0.25, -0.2) is 0 Å². The van der Waals surface area contributed by atoms with Crippen LogP contribution < -0.4 is 0 Å². The summed E-state index contributed by atoms with van der Waals surface area (Å²) < 4.78 is 2.36. The largest absolute Gasteiger partial charge is 0.294 e.